The summed E-state index contributed by atoms with van der Waals surface area (Å²) in [6, 6.07) is 3.59. The number of rotatable bonds is 4. The molecule has 0 aliphatic carbocycles. The molecule has 1 aromatic rings. The molecule has 4 nitrogen and oxygen atoms in total. The number of likely N-dealkylation sites (N-methyl/N-ethyl adjacent to an activating group) is 1. The first-order valence-corrected chi connectivity index (χ1v) is 7.07. The van der Waals surface area contributed by atoms with E-state index in [1.54, 1.807) is 6.07 Å². The molecule has 0 bridgehead atoms. The summed E-state index contributed by atoms with van der Waals surface area (Å²) >= 11 is 0. The minimum absolute atomic E-state index is 0.187. The van der Waals surface area contributed by atoms with Crippen LogP contribution in [-0.4, -0.2) is 54.1 Å². The van der Waals surface area contributed by atoms with Gasteiger partial charge in [0.15, 0.2) is 0 Å². The van der Waals surface area contributed by atoms with Gasteiger partial charge in [-0.3, -0.25) is 9.69 Å². The number of piperazine rings is 1. The van der Waals surface area contributed by atoms with Crippen molar-refractivity contribution in [2.45, 2.75) is 19.1 Å². The fourth-order valence-corrected chi connectivity index (χ4v) is 2.56. The van der Waals surface area contributed by atoms with Crippen LogP contribution in [0.4, 0.5) is 13.2 Å². The molecule has 0 unspecified atom stereocenters. The number of carbonyl (C=O) groups is 1. The van der Waals surface area contributed by atoms with Crippen LogP contribution < -0.4 is 0 Å². The van der Waals surface area contributed by atoms with Gasteiger partial charge < -0.3 is 10.0 Å². The first-order chi connectivity index (χ1) is 10.2. The number of alkyl halides is 3. The number of hydrogen-bond donors (Lipinski definition) is 1. The molecule has 1 N–H and O–H groups in total. The van der Waals surface area contributed by atoms with Crippen molar-refractivity contribution in [2.75, 3.05) is 33.2 Å². The normalized spacial score (nSPS) is 17.6. The average Bonchev–Trinajstić information content (AvgIpc) is 2.39. The van der Waals surface area contributed by atoms with E-state index in [1.807, 2.05) is 7.05 Å². The van der Waals surface area contributed by atoms with Gasteiger partial charge in [-0.1, -0.05) is 6.07 Å². The van der Waals surface area contributed by atoms with Crippen molar-refractivity contribution in [3.05, 3.63) is 34.9 Å². The van der Waals surface area contributed by atoms with Crippen LogP contribution in [-0.2, 0) is 23.9 Å². The summed E-state index contributed by atoms with van der Waals surface area (Å²) < 4.78 is 38.8. The second kappa shape index (κ2) is 6.66. The summed E-state index contributed by atoms with van der Waals surface area (Å²) in [5.74, 6) is -1.13. The van der Waals surface area contributed by atoms with Crippen LogP contribution in [0.5, 0.6) is 0 Å². The fraction of sp³-hybridized carbons (Fsp3) is 0.533. The molecule has 2 rings (SSSR count). The third-order valence-corrected chi connectivity index (χ3v) is 3.74. The van der Waals surface area contributed by atoms with Gasteiger partial charge in [-0.15, -0.1) is 0 Å². The second-order valence-electron chi connectivity index (χ2n) is 5.69. The van der Waals surface area contributed by atoms with Gasteiger partial charge in [-0.25, -0.2) is 0 Å². The summed E-state index contributed by atoms with van der Waals surface area (Å²) in [4.78, 5) is 15.0. The lowest BCUT2D eigenvalue weighted by Gasteiger charge is -2.32. The Kier molecular flexibility index (Phi) is 5.08. The fourth-order valence-electron chi connectivity index (χ4n) is 2.56. The van der Waals surface area contributed by atoms with Crippen molar-refractivity contribution in [2.24, 2.45) is 0 Å². The molecular weight excluding hydrogens is 297 g/mol. The van der Waals surface area contributed by atoms with E-state index >= 15 is 0 Å². The first-order valence-electron chi connectivity index (χ1n) is 7.07. The van der Waals surface area contributed by atoms with Crippen molar-refractivity contribution in [3.63, 3.8) is 0 Å². The molecule has 122 valence electrons. The molecule has 0 spiro atoms. The predicted molar refractivity (Wildman–Crippen MR) is 75.6 cm³/mol. The molecule has 1 heterocycles. The number of nitrogens with zero attached hydrogens (tertiary/aromatic N) is 2. The van der Waals surface area contributed by atoms with Gasteiger partial charge in [-0.2, -0.15) is 13.2 Å². The minimum Gasteiger partial charge on any atom is -0.481 e. The molecule has 0 amide bonds. The molecule has 7 heteroatoms. The maximum Gasteiger partial charge on any atom is 0.416 e. The zero-order chi connectivity index (χ0) is 16.3. The second-order valence-corrected chi connectivity index (χ2v) is 5.69. The number of aliphatic carboxylic acids is 1. The highest BCUT2D eigenvalue weighted by Crippen LogP contribution is 2.31. The Morgan fingerprint density at radius 1 is 1.14 bits per heavy atom. The smallest absolute Gasteiger partial charge is 0.416 e. The molecular formula is C15H19F3N2O2. The average molecular weight is 316 g/mol. The highest BCUT2D eigenvalue weighted by Gasteiger charge is 2.31. The van der Waals surface area contributed by atoms with Crippen LogP contribution in [0.25, 0.3) is 0 Å². The maximum atomic E-state index is 12.9. The van der Waals surface area contributed by atoms with Crippen LogP contribution in [0, 0.1) is 0 Å². The van der Waals surface area contributed by atoms with E-state index in [0.717, 1.165) is 38.3 Å². The van der Waals surface area contributed by atoms with E-state index in [1.165, 1.54) is 0 Å². The van der Waals surface area contributed by atoms with E-state index < -0.39 is 24.1 Å². The van der Waals surface area contributed by atoms with Crippen molar-refractivity contribution in [1.82, 2.24) is 9.80 Å². The van der Waals surface area contributed by atoms with E-state index in [9.17, 15) is 18.0 Å². The van der Waals surface area contributed by atoms with Gasteiger partial charge in [0.2, 0.25) is 0 Å². The van der Waals surface area contributed by atoms with Gasteiger partial charge in [0.25, 0.3) is 0 Å². The van der Waals surface area contributed by atoms with Gasteiger partial charge >= 0.3 is 12.1 Å². The SMILES string of the molecule is CN1CCN(Cc2cc(CC(=O)O)cc(C(F)(F)F)c2)CC1. The van der Waals surface area contributed by atoms with Gasteiger partial charge in [0.1, 0.15) is 0 Å². The lowest BCUT2D eigenvalue weighted by Crippen LogP contribution is -2.43. The molecule has 1 aliphatic heterocycles. The molecule has 1 saturated heterocycles. The largest absolute Gasteiger partial charge is 0.481 e. The van der Waals surface area contributed by atoms with Crippen molar-refractivity contribution < 1.29 is 23.1 Å². The minimum atomic E-state index is -4.47. The predicted octanol–water partition coefficient (Wildman–Crippen LogP) is 2.08. The Hall–Kier alpha value is -1.60. The quantitative estimate of drug-likeness (QED) is 0.924. The first kappa shape index (κ1) is 16.8. The lowest BCUT2D eigenvalue weighted by atomic mass is 10.0. The van der Waals surface area contributed by atoms with Crippen molar-refractivity contribution in [1.29, 1.82) is 0 Å². The van der Waals surface area contributed by atoms with Gasteiger partial charge in [0, 0.05) is 32.7 Å². The molecule has 1 aliphatic rings. The van der Waals surface area contributed by atoms with Crippen LogP contribution in [0.15, 0.2) is 18.2 Å². The summed E-state index contributed by atoms with van der Waals surface area (Å²) in [6.07, 6.45) is -4.87. The molecule has 0 radical (unpaired) electrons. The summed E-state index contributed by atoms with van der Waals surface area (Å²) in [5, 5.41) is 8.80. The third kappa shape index (κ3) is 4.71. The summed E-state index contributed by atoms with van der Waals surface area (Å²) in [5.41, 5.74) is -0.0857. The number of carboxylic acid groups (broad SMARTS) is 1. The van der Waals surface area contributed by atoms with E-state index in [4.69, 9.17) is 5.11 Å². The van der Waals surface area contributed by atoms with Crippen LogP contribution in [0.3, 0.4) is 0 Å². The Bertz CT molecular complexity index is 538. The third-order valence-electron chi connectivity index (χ3n) is 3.74. The Morgan fingerprint density at radius 3 is 2.27 bits per heavy atom. The maximum absolute atomic E-state index is 12.9. The number of carboxylic acids is 1. The summed E-state index contributed by atoms with van der Waals surface area (Å²) in [7, 11) is 2.01. The lowest BCUT2D eigenvalue weighted by molar-refractivity contribution is -0.138. The monoisotopic (exact) mass is 316 g/mol. The topological polar surface area (TPSA) is 43.8 Å². The Labute approximate surface area is 127 Å². The van der Waals surface area contributed by atoms with E-state index in [2.05, 4.69) is 9.80 Å². The highest BCUT2D eigenvalue weighted by molar-refractivity contribution is 5.70. The van der Waals surface area contributed by atoms with Crippen molar-refractivity contribution >= 4 is 5.97 Å². The van der Waals surface area contributed by atoms with E-state index in [-0.39, 0.29) is 5.56 Å². The molecule has 0 atom stereocenters. The van der Waals surface area contributed by atoms with E-state index in [0.29, 0.717) is 12.1 Å². The summed E-state index contributed by atoms with van der Waals surface area (Å²) in [6.45, 7) is 3.74. The van der Waals surface area contributed by atoms with Crippen LogP contribution in [0.1, 0.15) is 16.7 Å². The van der Waals surface area contributed by atoms with Crippen LogP contribution >= 0.6 is 0 Å². The zero-order valence-corrected chi connectivity index (χ0v) is 12.4. The number of benzene rings is 1. The van der Waals surface area contributed by atoms with Crippen LogP contribution in [0.2, 0.25) is 0 Å². The molecule has 1 fully saturated rings. The zero-order valence-electron chi connectivity index (χ0n) is 12.4. The Balaban J connectivity index is 2.20. The Morgan fingerprint density at radius 2 is 1.73 bits per heavy atom. The number of halogens is 3. The molecule has 22 heavy (non-hydrogen) atoms. The van der Waals surface area contributed by atoms with Gasteiger partial charge in [-0.05, 0) is 30.3 Å². The number of hydrogen-bond acceptors (Lipinski definition) is 3. The van der Waals surface area contributed by atoms with Crippen molar-refractivity contribution in [3.8, 4) is 0 Å². The molecule has 0 saturated carbocycles. The highest BCUT2D eigenvalue weighted by atomic mass is 19.4. The molecule has 0 aromatic heterocycles. The molecule has 1 aromatic carbocycles. The van der Waals surface area contributed by atoms with Gasteiger partial charge in [0.05, 0.1) is 12.0 Å². The standard InChI is InChI=1S/C15H19F3N2O2/c1-19-2-4-20(5-3-19)10-12-6-11(9-14(21)22)7-13(8-12)15(16,17)18/h6-8H,2-5,9-10H2,1H3,(H,21,22).